The molecule has 6 heteroatoms. The first-order valence-corrected chi connectivity index (χ1v) is 9.30. The molecule has 3 rings (SSSR count). The number of pyridine rings is 1. The summed E-state index contributed by atoms with van der Waals surface area (Å²) in [6.45, 7) is 2.33. The first kappa shape index (κ1) is 19.7. The summed E-state index contributed by atoms with van der Waals surface area (Å²) in [4.78, 5) is 8.89. The van der Waals surface area contributed by atoms with E-state index in [0.717, 1.165) is 12.1 Å². The highest BCUT2D eigenvalue weighted by Crippen LogP contribution is 2.31. The summed E-state index contributed by atoms with van der Waals surface area (Å²) >= 11 is 0. The summed E-state index contributed by atoms with van der Waals surface area (Å²) in [5, 5.41) is 19.3. The van der Waals surface area contributed by atoms with E-state index >= 15 is 0 Å². The summed E-state index contributed by atoms with van der Waals surface area (Å²) < 4.78 is 13.7. The molecule has 1 fully saturated rings. The smallest absolute Gasteiger partial charge is 0.123 e. The predicted molar refractivity (Wildman–Crippen MR) is 107 cm³/mol. The van der Waals surface area contributed by atoms with Gasteiger partial charge >= 0.3 is 0 Å². The van der Waals surface area contributed by atoms with Crippen LogP contribution in [0.1, 0.15) is 37.0 Å². The molecule has 0 bridgehead atoms. The molecule has 144 valence electrons. The third kappa shape index (κ3) is 4.81. The van der Waals surface area contributed by atoms with Crippen LogP contribution in [0, 0.1) is 23.1 Å². The summed E-state index contributed by atoms with van der Waals surface area (Å²) in [6.07, 6.45) is 5.24. The van der Waals surface area contributed by atoms with Gasteiger partial charge in [0.25, 0.3) is 0 Å². The summed E-state index contributed by atoms with van der Waals surface area (Å²) in [5.74, 6) is 0.223. The second-order valence-corrected chi connectivity index (χ2v) is 7.08. The van der Waals surface area contributed by atoms with Gasteiger partial charge in [-0.25, -0.2) is 4.39 Å². The fraction of sp³-hybridized carbons (Fsp3) is 0.318. The minimum absolute atomic E-state index is 0.115. The van der Waals surface area contributed by atoms with Gasteiger partial charge in [0.05, 0.1) is 11.8 Å². The van der Waals surface area contributed by atoms with Gasteiger partial charge < -0.3 is 10.8 Å². The van der Waals surface area contributed by atoms with Crippen molar-refractivity contribution in [2.24, 2.45) is 16.6 Å². The van der Waals surface area contributed by atoms with Crippen LogP contribution in [0.25, 0.3) is 11.3 Å². The van der Waals surface area contributed by atoms with Crippen molar-refractivity contribution in [3.05, 3.63) is 64.7 Å². The number of nitrogens with zero attached hydrogens (tertiary/aromatic N) is 3. The molecule has 2 aromatic rings. The Balaban J connectivity index is 1.98. The van der Waals surface area contributed by atoms with Crippen LogP contribution in [0.15, 0.2) is 52.8 Å². The molecule has 0 spiro atoms. The lowest BCUT2D eigenvalue weighted by molar-refractivity contribution is 0.199. The molecular formula is C22H23FN4O. The minimum Gasteiger partial charge on any atom is -0.390 e. The lowest BCUT2D eigenvalue weighted by Crippen LogP contribution is -2.07. The lowest BCUT2D eigenvalue weighted by atomic mass is 9.94. The monoisotopic (exact) mass is 378 g/mol. The van der Waals surface area contributed by atoms with E-state index in [1.807, 2.05) is 12.1 Å². The van der Waals surface area contributed by atoms with Crippen LogP contribution in [0.3, 0.4) is 0 Å². The Morgan fingerprint density at radius 1 is 1.46 bits per heavy atom. The Hall–Kier alpha value is -3.04. The van der Waals surface area contributed by atoms with Crippen molar-refractivity contribution < 1.29 is 9.50 Å². The Bertz CT molecular complexity index is 955. The number of hydrogen-bond acceptors (Lipinski definition) is 5. The molecule has 0 amide bonds. The Labute approximate surface area is 164 Å². The normalized spacial score (nSPS) is 15.9. The second kappa shape index (κ2) is 8.77. The number of nitrogens with two attached hydrogens (primary N) is 1. The molecule has 0 radical (unpaired) electrons. The maximum Gasteiger partial charge on any atom is 0.123 e. The van der Waals surface area contributed by atoms with Gasteiger partial charge in [-0.05, 0) is 61.1 Å². The molecule has 1 atom stereocenters. The highest BCUT2D eigenvalue weighted by atomic mass is 19.1. The molecule has 3 N–H and O–H groups in total. The van der Waals surface area contributed by atoms with Crippen molar-refractivity contribution in [1.82, 2.24) is 4.98 Å². The fourth-order valence-electron chi connectivity index (χ4n) is 3.02. The molecule has 0 unspecified atom stereocenters. The van der Waals surface area contributed by atoms with Gasteiger partial charge in [-0.1, -0.05) is 6.07 Å². The maximum absolute atomic E-state index is 13.7. The molecular weight excluding hydrogens is 355 g/mol. The first-order chi connectivity index (χ1) is 13.5. The number of rotatable bonds is 7. The fourth-order valence-corrected chi connectivity index (χ4v) is 3.02. The number of allylic oxidation sites excluding steroid dienone is 2. The molecule has 1 aromatic carbocycles. The Morgan fingerprint density at radius 3 is 2.93 bits per heavy atom. The standard InChI is InChI=1S/C22H23FN4O/c1-14(28)20-10-18(23)6-7-19(20)22-16(3-2-8-27-22)9-17(21(25)11-24)13-26-12-15-4-5-15/h2-3,6-8,10,13-15,28H,4-5,9,12,25H2,1H3/t14-/m1/s1. The van der Waals surface area contributed by atoms with Crippen LogP contribution in [0.5, 0.6) is 0 Å². The molecule has 0 aliphatic heterocycles. The molecule has 28 heavy (non-hydrogen) atoms. The zero-order valence-corrected chi connectivity index (χ0v) is 15.8. The number of aliphatic imine (C=N–C) groups is 1. The van der Waals surface area contributed by atoms with Crippen LogP contribution >= 0.6 is 0 Å². The highest BCUT2D eigenvalue weighted by molar-refractivity contribution is 5.82. The van der Waals surface area contributed by atoms with Gasteiger partial charge in [0.2, 0.25) is 0 Å². The SMILES string of the molecule is C[C@@H](O)c1cc(F)ccc1-c1ncccc1CC(C=NCC1CC1)=C(N)C#N. The number of halogens is 1. The number of aliphatic hydroxyl groups excluding tert-OH is 1. The summed E-state index contributed by atoms with van der Waals surface area (Å²) in [5.41, 5.74) is 9.19. The summed E-state index contributed by atoms with van der Waals surface area (Å²) in [6, 6.07) is 9.95. The number of benzene rings is 1. The van der Waals surface area contributed by atoms with Gasteiger partial charge in [0.15, 0.2) is 0 Å². The van der Waals surface area contributed by atoms with E-state index in [2.05, 4.69) is 9.98 Å². The molecule has 1 aromatic heterocycles. The zero-order valence-electron chi connectivity index (χ0n) is 15.8. The van der Waals surface area contributed by atoms with Crippen molar-refractivity contribution in [2.75, 3.05) is 6.54 Å². The van der Waals surface area contributed by atoms with Gasteiger partial charge in [-0.2, -0.15) is 5.26 Å². The predicted octanol–water partition coefficient (Wildman–Crippen LogP) is 3.70. The zero-order chi connectivity index (χ0) is 20.1. The van der Waals surface area contributed by atoms with Crippen molar-refractivity contribution in [3.8, 4) is 17.3 Å². The quantitative estimate of drug-likeness (QED) is 0.567. The van der Waals surface area contributed by atoms with Crippen LogP contribution in [0.2, 0.25) is 0 Å². The van der Waals surface area contributed by atoms with Crippen molar-refractivity contribution in [1.29, 1.82) is 5.26 Å². The van der Waals surface area contributed by atoms with Gasteiger partial charge in [0.1, 0.15) is 17.6 Å². The van der Waals surface area contributed by atoms with E-state index in [1.54, 1.807) is 31.5 Å². The molecule has 1 aliphatic rings. The maximum atomic E-state index is 13.7. The molecule has 0 saturated heterocycles. The molecule has 1 aliphatic carbocycles. The van der Waals surface area contributed by atoms with E-state index in [9.17, 15) is 14.8 Å². The van der Waals surface area contributed by atoms with E-state index in [0.29, 0.717) is 34.7 Å². The molecule has 5 nitrogen and oxygen atoms in total. The van der Waals surface area contributed by atoms with Crippen molar-refractivity contribution >= 4 is 6.21 Å². The molecule has 1 heterocycles. The van der Waals surface area contributed by atoms with Gasteiger partial charge in [0, 0.05) is 36.5 Å². The van der Waals surface area contributed by atoms with Crippen LogP contribution in [-0.2, 0) is 6.42 Å². The van der Waals surface area contributed by atoms with E-state index in [1.165, 1.54) is 25.0 Å². The van der Waals surface area contributed by atoms with E-state index in [4.69, 9.17) is 5.73 Å². The summed E-state index contributed by atoms with van der Waals surface area (Å²) in [7, 11) is 0. The number of aromatic nitrogens is 1. The minimum atomic E-state index is -0.847. The Morgan fingerprint density at radius 2 is 2.25 bits per heavy atom. The third-order valence-electron chi connectivity index (χ3n) is 4.77. The first-order valence-electron chi connectivity index (χ1n) is 9.30. The highest BCUT2D eigenvalue weighted by Gasteiger charge is 2.20. The Kier molecular flexibility index (Phi) is 6.17. The second-order valence-electron chi connectivity index (χ2n) is 7.08. The average molecular weight is 378 g/mol. The van der Waals surface area contributed by atoms with Crippen molar-refractivity contribution in [3.63, 3.8) is 0 Å². The van der Waals surface area contributed by atoms with Gasteiger partial charge in [-0.15, -0.1) is 0 Å². The number of nitriles is 1. The number of hydrogen-bond donors (Lipinski definition) is 2. The largest absolute Gasteiger partial charge is 0.390 e. The van der Waals surface area contributed by atoms with Crippen LogP contribution in [0.4, 0.5) is 4.39 Å². The lowest BCUT2D eigenvalue weighted by Gasteiger charge is -2.15. The molecule has 1 saturated carbocycles. The topological polar surface area (TPSA) is 95.3 Å². The van der Waals surface area contributed by atoms with Crippen LogP contribution in [-0.4, -0.2) is 22.8 Å². The van der Waals surface area contributed by atoms with E-state index in [-0.39, 0.29) is 5.70 Å². The average Bonchev–Trinajstić information content (AvgIpc) is 3.51. The number of aliphatic hydroxyl groups is 1. The van der Waals surface area contributed by atoms with Crippen LogP contribution < -0.4 is 5.73 Å². The van der Waals surface area contributed by atoms with E-state index < -0.39 is 11.9 Å². The van der Waals surface area contributed by atoms with Gasteiger partial charge in [-0.3, -0.25) is 9.98 Å². The van der Waals surface area contributed by atoms with Crippen molar-refractivity contribution in [2.45, 2.75) is 32.3 Å². The third-order valence-corrected chi connectivity index (χ3v) is 4.77.